The topological polar surface area (TPSA) is 72.6 Å². The van der Waals surface area contributed by atoms with Gasteiger partial charge in [-0.2, -0.15) is 0 Å². The molecule has 0 fully saturated rings. The highest BCUT2D eigenvalue weighted by Crippen LogP contribution is 2.43. The number of hydrogen-bond acceptors (Lipinski definition) is 6. The van der Waals surface area contributed by atoms with Gasteiger partial charge in [-0.25, -0.2) is 9.97 Å². The molecule has 2 atom stereocenters. The third kappa shape index (κ3) is 2.10. The predicted molar refractivity (Wildman–Crippen MR) is 104 cm³/mol. The molecule has 8 heteroatoms. The number of benzene rings is 2. The van der Waals surface area contributed by atoms with Crippen molar-refractivity contribution in [2.75, 3.05) is 13.6 Å². The van der Waals surface area contributed by atoms with Gasteiger partial charge in [0.1, 0.15) is 23.7 Å². The van der Waals surface area contributed by atoms with Gasteiger partial charge in [-0.3, -0.25) is 0 Å². The van der Waals surface area contributed by atoms with E-state index in [1.54, 1.807) is 0 Å². The van der Waals surface area contributed by atoms with E-state index in [1.165, 1.54) is 0 Å². The van der Waals surface area contributed by atoms with Crippen LogP contribution in [-0.4, -0.2) is 32.7 Å². The van der Waals surface area contributed by atoms with E-state index in [0.717, 1.165) is 45.8 Å². The molecule has 30 heavy (non-hydrogen) atoms. The summed E-state index contributed by atoms with van der Waals surface area (Å²) in [7, 11) is 0. The SMILES string of the molecule is c1cn2c(n1)C(c1ccc3c(c1)OCO3)n1ccnc1C2c1ccc2c(c1)OCO2. The van der Waals surface area contributed by atoms with Crippen molar-refractivity contribution in [2.24, 2.45) is 0 Å². The van der Waals surface area contributed by atoms with Crippen LogP contribution in [-0.2, 0) is 0 Å². The Morgan fingerprint density at radius 2 is 1.10 bits per heavy atom. The first-order valence-electron chi connectivity index (χ1n) is 9.71. The number of rotatable bonds is 2. The fourth-order valence-electron chi connectivity index (χ4n) is 4.54. The molecule has 8 nitrogen and oxygen atoms in total. The zero-order valence-corrected chi connectivity index (χ0v) is 15.8. The Morgan fingerprint density at radius 3 is 1.60 bits per heavy atom. The molecule has 4 aromatic rings. The molecule has 3 aliphatic rings. The molecule has 0 radical (unpaired) electrons. The van der Waals surface area contributed by atoms with E-state index in [1.807, 2.05) is 49.1 Å². The molecule has 0 N–H and O–H groups in total. The van der Waals surface area contributed by atoms with Gasteiger partial charge < -0.3 is 28.1 Å². The molecule has 0 spiro atoms. The van der Waals surface area contributed by atoms with Crippen LogP contribution < -0.4 is 18.9 Å². The summed E-state index contributed by atoms with van der Waals surface area (Å²) in [5.74, 6) is 4.91. The first kappa shape index (κ1) is 15.9. The van der Waals surface area contributed by atoms with Crippen LogP contribution >= 0.6 is 0 Å². The van der Waals surface area contributed by atoms with Crippen LogP contribution in [0.2, 0.25) is 0 Å². The van der Waals surface area contributed by atoms with Crippen LogP contribution in [0.25, 0.3) is 0 Å². The van der Waals surface area contributed by atoms with Crippen molar-refractivity contribution in [3.8, 4) is 23.0 Å². The number of hydrogen-bond donors (Lipinski definition) is 0. The minimum atomic E-state index is -0.114. The maximum atomic E-state index is 5.60. The van der Waals surface area contributed by atoms with E-state index in [-0.39, 0.29) is 25.7 Å². The second-order valence-corrected chi connectivity index (χ2v) is 7.42. The van der Waals surface area contributed by atoms with E-state index in [2.05, 4.69) is 21.3 Å². The fourth-order valence-corrected chi connectivity index (χ4v) is 4.54. The van der Waals surface area contributed by atoms with Gasteiger partial charge in [-0.1, -0.05) is 12.1 Å². The summed E-state index contributed by atoms with van der Waals surface area (Å²) in [5, 5.41) is 0. The largest absolute Gasteiger partial charge is 0.454 e. The van der Waals surface area contributed by atoms with Crippen molar-refractivity contribution in [2.45, 2.75) is 12.1 Å². The monoisotopic (exact) mass is 400 g/mol. The van der Waals surface area contributed by atoms with Gasteiger partial charge in [-0.15, -0.1) is 0 Å². The molecule has 0 aliphatic carbocycles. The molecule has 5 heterocycles. The predicted octanol–water partition coefficient (Wildman–Crippen LogP) is 3.13. The van der Waals surface area contributed by atoms with Crippen molar-refractivity contribution in [1.82, 2.24) is 19.1 Å². The smallest absolute Gasteiger partial charge is 0.231 e. The molecular formula is C22H16N4O4. The first-order chi connectivity index (χ1) is 14.9. The van der Waals surface area contributed by atoms with Gasteiger partial charge in [0.05, 0.1) is 0 Å². The molecule has 0 saturated carbocycles. The molecule has 0 bridgehead atoms. The Kier molecular flexibility index (Phi) is 3.07. The molecular weight excluding hydrogens is 384 g/mol. The number of imidazole rings is 2. The third-order valence-electron chi connectivity index (χ3n) is 5.87. The van der Waals surface area contributed by atoms with Gasteiger partial charge >= 0.3 is 0 Å². The summed E-state index contributed by atoms with van der Waals surface area (Å²) in [5.41, 5.74) is 2.13. The summed E-state index contributed by atoms with van der Waals surface area (Å²) in [6.45, 7) is 0.501. The maximum Gasteiger partial charge on any atom is 0.231 e. The van der Waals surface area contributed by atoms with Gasteiger partial charge in [0.2, 0.25) is 13.6 Å². The summed E-state index contributed by atoms with van der Waals surface area (Å²) in [6.07, 6.45) is 7.68. The van der Waals surface area contributed by atoms with E-state index in [4.69, 9.17) is 28.9 Å². The van der Waals surface area contributed by atoms with Crippen LogP contribution in [0.1, 0.15) is 34.9 Å². The van der Waals surface area contributed by atoms with Gasteiger partial charge in [0, 0.05) is 24.8 Å². The van der Waals surface area contributed by atoms with E-state index >= 15 is 0 Å². The number of aromatic nitrogens is 4. The zero-order chi connectivity index (χ0) is 19.7. The van der Waals surface area contributed by atoms with Crippen LogP contribution in [0.5, 0.6) is 23.0 Å². The summed E-state index contributed by atoms with van der Waals surface area (Å²) < 4.78 is 26.5. The lowest BCUT2D eigenvalue weighted by molar-refractivity contribution is 0.173. The summed E-state index contributed by atoms with van der Waals surface area (Å²) >= 11 is 0. The summed E-state index contributed by atoms with van der Waals surface area (Å²) in [6, 6.07) is 11.8. The number of ether oxygens (including phenoxy) is 4. The molecule has 3 aliphatic heterocycles. The van der Waals surface area contributed by atoms with E-state index in [0.29, 0.717) is 0 Å². The lowest BCUT2D eigenvalue weighted by Crippen LogP contribution is -2.30. The second kappa shape index (κ2) is 5.79. The van der Waals surface area contributed by atoms with Crippen molar-refractivity contribution in [1.29, 1.82) is 0 Å². The number of nitrogens with zero attached hydrogens (tertiary/aromatic N) is 4. The minimum Gasteiger partial charge on any atom is -0.454 e. The molecule has 0 saturated heterocycles. The Bertz CT molecular complexity index is 1160. The normalized spacial score (nSPS) is 20.1. The minimum absolute atomic E-state index is 0.114. The average molecular weight is 400 g/mol. The van der Waals surface area contributed by atoms with Crippen molar-refractivity contribution in [3.05, 3.63) is 84.0 Å². The Balaban J connectivity index is 1.40. The summed E-state index contributed by atoms with van der Waals surface area (Å²) in [4.78, 5) is 9.44. The van der Waals surface area contributed by atoms with E-state index in [9.17, 15) is 0 Å². The Morgan fingerprint density at radius 1 is 0.633 bits per heavy atom. The van der Waals surface area contributed by atoms with Crippen LogP contribution in [0.3, 0.4) is 0 Å². The van der Waals surface area contributed by atoms with Crippen LogP contribution in [0, 0.1) is 0 Å². The number of fused-ring (bicyclic) bond motifs is 4. The highest BCUT2D eigenvalue weighted by Gasteiger charge is 2.36. The van der Waals surface area contributed by atoms with Gasteiger partial charge in [0.15, 0.2) is 23.0 Å². The van der Waals surface area contributed by atoms with E-state index < -0.39 is 0 Å². The van der Waals surface area contributed by atoms with Crippen molar-refractivity contribution >= 4 is 0 Å². The maximum absolute atomic E-state index is 5.60. The van der Waals surface area contributed by atoms with Gasteiger partial charge in [0.25, 0.3) is 0 Å². The zero-order valence-electron chi connectivity index (χ0n) is 15.8. The van der Waals surface area contributed by atoms with Crippen molar-refractivity contribution in [3.63, 3.8) is 0 Å². The molecule has 148 valence electrons. The standard InChI is InChI=1S/C22H16N4O4/c1-3-15-17(29-11-27-15)9-13(1)19-21-23-6-8-26(21)20(22-24-5-7-25(19)22)14-2-4-16-18(10-14)30-12-28-16/h1-10,19-20H,11-12H2. The van der Waals surface area contributed by atoms with Crippen LogP contribution in [0.15, 0.2) is 61.2 Å². The molecule has 2 unspecified atom stereocenters. The average Bonchev–Trinajstić information content (AvgIpc) is 3.57. The second-order valence-electron chi connectivity index (χ2n) is 7.42. The van der Waals surface area contributed by atoms with Crippen LogP contribution in [0.4, 0.5) is 0 Å². The lowest BCUT2D eigenvalue weighted by atomic mass is 9.98. The fraction of sp³-hybridized carbons (Fsp3) is 0.182. The first-order valence-corrected chi connectivity index (χ1v) is 9.71. The Labute approximate surface area is 171 Å². The highest BCUT2D eigenvalue weighted by atomic mass is 16.7. The van der Waals surface area contributed by atoms with Gasteiger partial charge in [-0.05, 0) is 35.4 Å². The highest BCUT2D eigenvalue weighted by molar-refractivity contribution is 5.49. The molecule has 2 aromatic heterocycles. The molecule has 7 rings (SSSR count). The quantitative estimate of drug-likeness (QED) is 0.453. The molecule has 0 amide bonds. The third-order valence-corrected chi connectivity index (χ3v) is 5.87. The van der Waals surface area contributed by atoms with Crippen molar-refractivity contribution < 1.29 is 18.9 Å². The lowest BCUT2D eigenvalue weighted by Gasteiger charge is -2.33. The molecule has 2 aromatic carbocycles. The Hall–Kier alpha value is -3.94.